The quantitative estimate of drug-likeness (QED) is 0.107. The number of nitrogens with one attached hydrogen (secondary N) is 4. The SMILES string of the molecule is NC(Cc1c[nH]c2ccccc12)C(=O)NC(CCC(=O)O)C(=O)NC(CCC(=O)O)C(=O)NC(CC(=O)O)C(=O)O. The van der Waals surface area contributed by atoms with Gasteiger partial charge >= 0.3 is 23.9 Å². The van der Waals surface area contributed by atoms with E-state index >= 15 is 0 Å². The van der Waals surface area contributed by atoms with Gasteiger partial charge in [0.1, 0.15) is 18.1 Å². The maximum Gasteiger partial charge on any atom is 0.326 e. The third-order valence-corrected chi connectivity index (χ3v) is 6.00. The average molecular weight is 578 g/mol. The molecule has 222 valence electrons. The van der Waals surface area contributed by atoms with Crippen LogP contribution in [0.2, 0.25) is 0 Å². The van der Waals surface area contributed by atoms with Crippen molar-refractivity contribution >= 4 is 52.5 Å². The number of carboxylic acid groups (broad SMARTS) is 4. The first kappa shape index (κ1) is 32.2. The van der Waals surface area contributed by atoms with Gasteiger partial charge in [0.25, 0.3) is 0 Å². The lowest BCUT2D eigenvalue weighted by molar-refractivity contribution is -0.147. The van der Waals surface area contributed by atoms with E-state index in [1.54, 1.807) is 12.3 Å². The fourth-order valence-electron chi connectivity index (χ4n) is 3.90. The molecule has 1 aromatic carbocycles. The molecule has 16 nitrogen and oxygen atoms in total. The molecule has 1 heterocycles. The zero-order valence-corrected chi connectivity index (χ0v) is 21.7. The van der Waals surface area contributed by atoms with Crippen molar-refractivity contribution < 1.29 is 54.0 Å². The Morgan fingerprint density at radius 1 is 0.732 bits per heavy atom. The van der Waals surface area contributed by atoms with Gasteiger partial charge in [-0.3, -0.25) is 28.8 Å². The van der Waals surface area contributed by atoms with Crippen LogP contribution in [0.1, 0.15) is 37.7 Å². The Morgan fingerprint density at radius 3 is 1.76 bits per heavy atom. The molecule has 4 unspecified atom stereocenters. The van der Waals surface area contributed by atoms with E-state index in [-0.39, 0.29) is 6.42 Å². The number of hydrogen-bond acceptors (Lipinski definition) is 8. The monoisotopic (exact) mass is 577 g/mol. The topological polar surface area (TPSA) is 278 Å². The number of carbonyl (C=O) groups excluding carboxylic acids is 3. The van der Waals surface area contributed by atoms with Crippen LogP contribution >= 0.6 is 0 Å². The second kappa shape index (κ2) is 15.0. The predicted octanol–water partition coefficient (Wildman–Crippen LogP) is -1.22. The van der Waals surface area contributed by atoms with Gasteiger partial charge in [-0.05, 0) is 30.9 Å². The number of aromatic amines is 1. The second-order valence-corrected chi connectivity index (χ2v) is 9.15. The number of rotatable bonds is 17. The zero-order chi connectivity index (χ0) is 30.7. The second-order valence-electron chi connectivity index (χ2n) is 9.15. The molecule has 2 rings (SSSR count). The number of aromatic nitrogens is 1. The van der Waals surface area contributed by atoms with Crippen LogP contribution in [0.25, 0.3) is 10.9 Å². The summed E-state index contributed by atoms with van der Waals surface area (Å²) < 4.78 is 0. The number of aliphatic carboxylic acids is 4. The summed E-state index contributed by atoms with van der Waals surface area (Å²) in [6, 6.07) is 1.06. The molecule has 41 heavy (non-hydrogen) atoms. The van der Waals surface area contributed by atoms with E-state index in [0.717, 1.165) is 16.5 Å². The van der Waals surface area contributed by atoms with Crippen molar-refractivity contribution in [3.63, 3.8) is 0 Å². The number of para-hydroxylation sites is 1. The molecule has 0 saturated heterocycles. The molecular weight excluding hydrogens is 546 g/mol. The largest absolute Gasteiger partial charge is 0.481 e. The normalized spacial score (nSPS) is 13.8. The van der Waals surface area contributed by atoms with E-state index < -0.39 is 97.9 Å². The minimum atomic E-state index is -1.88. The van der Waals surface area contributed by atoms with Crippen molar-refractivity contribution in [3.05, 3.63) is 36.0 Å². The van der Waals surface area contributed by atoms with E-state index in [1.807, 2.05) is 23.5 Å². The van der Waals surface area contributed by atoms with Gasteiger partial charge < -0.3 is 47.1 Å². The molecule has 2 aromatic rings. The lowest BCUT2D eigenvalue weighted by atomic mass is 10.0. The van der Waals surface area contributed by atoms with Crippen molar-refractivity contribution in [1.82, 2.24) is 20.9 Å². The molecule has 0 aliphatic heterocycles. The smallest absolute Gasteiger partial charge is 0.326 e. The van der Waals surface area contributed by atoms with Crippen molar-refractivity contribution in [3.8, 4) is 0 Å². The van der Waals surface area contributed by atoms with E-state index in [0.29, 0.717) is 0 Å². The Morgan fingerprint density at radius 2 is 1.24 bits per heavy atom. The summed E-state index contributed by atoms with van der Waals surface area (Å²) in [4.78, 5) is 86.2. The highest BCUT2D eigenvalue weighted by Crippen LogP contribution is 2.19. The third-order valence-electron chi connectivity index (χ3n) is 6.00. The van der Waals surface area contributed by atoms with Gasteiger partial charge in [-0.1, -0.05) is 18.2 Å². The number of H-pyrrole nitrogens is 1. The van der Waals surface area contributed by atoms with Crippen molar-refractivity contribution in [2.24, 2.45) is 5.73 Å². The van der Waals surface area contributed by atoms with Crippen LogP contribution in [-0.4, -0.2) is 91.2 Å². The first-order valence-electron chi connectivity index (χ1n) is 12.4. The summed E-state index contributed by atoms with van der Waals surface area (Å²) in [6.07, 6.45) is -1.41. The van der Waals surface area contributed by atoms with Gasteiger partial charge in [-0.15, -0.1) is 0 Å². The van der Waals surface area contributed by atoms with Crippen molar-refractivity contribution in [2.75, 3.05) is 0 Å². The number of amides is 3. The van der Waals surface area contributed by atoms with Crippen LogP contribution in [0.3, 0.4) is 0 Å². The maximum absolute atomic E-state index is 13.1. The summed E-state index contributed by atoms with van der Waals surface area (Å²) in [5.41, 5.74) is 7.58. The van der Waals surface area contributed by atoms with E-state index in [2.05, 4.69) is 15.6 Å². The highest BCUT2D eigenvalue weighted by Gasteiger charge is 2.31. The number of carboxylic acids is 4. The van der Waals surface area contributed by atoms with Crippen LogP contribution in [0.5, 0.6) is 0 Å². The van der Waals surface area contributed by atoms with E-state index in [1.165, 1.54) is 0 Å². The van der Waals surface area contributed by atoms with Gasteiger partial charge in [-0.2, -0.15) is 0 Å². The molecule has 3 amide bonds. The number of benzene rings is 1. The summed E-state index contributed by atoms with van der Waals surface area (Å²) in [5, 5.41) is 43.5. The molecule has 0 bridgehead atoms. The number of fused-ring (bicyclic) bond motifs is 1. The summed E-state index contributed by atoms with van der Waals surface area (Å²) in [6.45, 7) is 0. The van der Waals surface area contributed by atoms with Crippen LogP contribution in [0, 0.1) is 0 Å². The highest BCUT2D eigenvalue weighted by atomic mass is 16.4. The molecular formula is C25H31N5O11. The van der Waals surface area contributed by atoms with Crippen molar-refractivity contribution in [1.29, 1.82) is 0 Å². The van der Waals surface area contributed by atoms with E-state index in [4.69, 9.17) is 21.1 Å². The molecule has 4 atom stereocenters. The Hall–Kier alpha value is -4.99. The van der Waals surface area contributed by atoms with Crippen LogP contribution in [0.4, 0.5) is 0 Å². The molecule has 0 aliphatic rings. The standard InChI is InChI=1S/C25H31N5O11/c26-14(9-12-11-27-15-4-2-1-3-13(12)15)22(37)28-16(5-7-19(31)32)23(38)29-17(6-8-20(33)34)24(39)30-18(25(40)41)10-21(35)36/h1-4,11,14,16-18,27H,5-10,26H2,(H,28,37)(H,29,38)(H,30,39)(H,31,32)(H,33,34)(H,35,36)(H,40,41). The minimum absolute atomic E-state index is 0.0624. The molecule has 0 aliphatic carbocycles. The third kappa shape index (κ3) is 10.2. The lowest BCUT2D eigenvalue weighted by Crippen LogP contribution is -2.57. The predicted molar refractivity (Wildman–Crippen MR) is 139 cm³/mol. The van der Waals surface area contributed by atoms with Gasteiger partial charge in [0.2, 0.25) is 17.7 Å². The Kier molecular flexibility index (Phi) is 11.8. The fraction of sp³-hybridized carbons (Fsp3) is 0.400. The molecule has 0 radical (unpaired) electrons. The van der Waals surface area contributed by atoms with Crippen LogP contribution < -0.4 is 21.7 Å². The Labute approximate surface area is 232 Å². The molecule has 0 saturated carbocycles. The molecule has 10 N–H and O–H groups in total. The molecule has 0 spiro atoms. The van der Waals surface area contributed by atoms with Gasteiger partial charge in [0, 0.05) is 29.9 Å². The van der Waals surface area contributed by atoms with Gasteiger partial charge in [0.05, 0.1) is 12.5 Å². The fourth-order valence-corrected chi connectivity index (χ4v) is 3.90. The summed E-state index contributed by atoms with van der Waals surface area (Å²) >= 11 is 0. The van der Waals surface area contributed by atoms with E-state index in [9.17, 15) is 38.7 Å². The number of nitrogens with two attached hydrogens (primary N) is 1. The first-order valence-corrected chi connectivity index (χ1v) is 12.4. The summed E-state index contributed by atoms with van der Waals surface area (Å²) in [7, 11) is 0. The highest BCUT2D eigenvalue weighted by molar-refractivity contribution is 5.95. The maximum atomic E-state index is 13.1. The molecule has 1 aromatic heterocycles. The Balaban J connectivity index is 2.18. The average Bonchev–Trinajstić information content (AvgIpc) is 3.30. The lowest BCUT2D eigenvalue weighted by Gasteiger charge is -2.24. The number of hydrogen-bond donors (Lipinski definition) is 9. The van der Waals surface area contributed by atoms with Gasteiger partial charge in [0.15, 0.2) is 0 Å². The Bertz CT molecular complexity index is 1310. The van der Waals surface area contributed by atoms with Crippen LogP contribution in [-0.2, 0) is 40.0 Å². The zero-order valence-electron chi connectivity index (χ0n) is 21.7. The summed E-state index contributed by atoms with van der Waals surface area (Å²) in [5.74, 6) is -8.92. The minimum Gasteiger partial charge on any atom is -0.481 e. The van der Waals surface area contributed by atoms with Crippen molar-refractivity contribution in [2.45, 2.75) is 62.7 Å². The molecule has 0 fully saturated rings. The first-order chi connectivity index (χ1) is 19.3. The van der Waals surface area contributed by atoms with Crippen LogP contribution in [0.15, 0.2) is 30.5 Å². The number of carbonyl (C=O) groups is 7. The molecule has 16 heteroatoms. The van der Waals surface area contributed by atoms with Gasteiger partial charge in [-0.25, -0.2) is 4.79 Å².